The highest BCUT2D eigenvalue weighted by Crippen LogP contribution is 2.25. The van der Waals surface area contributed by atoms with E-state index in [0.29, 0.717) is 8.50 Å². The first-order valence-electron chi connectivity index (χ1n) is 9.71. The average Bonchev–Trinajstić information content (AvgIpc) is 2.68. The minimum atomic E-state index is 0.0769. The van der Waals surface area contributed by atoms with Crippen LogP contribution in [0.5, 0.6) is 0 Å². The zero-order valence-corrected chi connectivity index (χ0v) is 20.1. The molecule has 0 saturated heterocycles. The minimum Gasteiger partial charge on any atom is -0.358 e. The van der Waals surface area contributed by atoms with Crippen LogP contribution in [0.25, 0.3) is 0 Å². The van der Waals surface area contributed by atoms with E-state index in [4.69, 9.17) is 9.05 Å². The molecule has 0 aromatic rings. The lowest BCUT2D eigenvalue weighted by Crippen LogP contribution is -2.01. The lowest BCUT2D eigenvalue weighted by Gasteiger charge is -2.09. The molecule has 0 saturated carbocycles. The summed E-state index contributed by atoms with van der Waals surface area (Å²) in [6, 6.07) is 0. The van der Waals surface area contributed by atoms with Gasteiger partial charge in [-0.05, 0) is 32.1 Å². The molecule has 0 aliphatic carbocycles. The first kappa shape index (κ1) is 26.6. The SMILES string of the molecule is CC/C=C\CC(/C=C\C=CC=CC(C/C=C\C/C=C\CCC)OP)OPP. The highest BCUT2D eigenvalue weighted by atomic mass is 32.0. The topological polar surface area (TPSA) is 18.5 Å². The van der Waals surface area contributed by atoms with Crippen LogP contribution in [0.3, 0.4) is 0 Å². The van der Waals surface area contributed by atoms with Gasteiger partial charge in [0.15, 0.2) is 0 Å². The molecule has 27 heavy (non-hydrogen) atoms. The van der Waals surface area contributed by atoms with Gasteiger partial charge >= 0.3 is 0 Å². The van der Waals surface area contributed by atoms with Crippen LogP contribution in [-0.4, -0.2) is 12.2 Å². The first-order chi connectivity index (χ1) is 13.3. The van der Waals surface area contributed by atoms with Gasteiger partial charge in [-0.3, -0.25) is 0 Å². The quantitative estimate of drug-likeness (QED) is 0.143. The molecule has 0 bridgehead atoms. The van der Waals surface area contributed by atoms with Gasteiger partial charge in [0.05, 0.1) is 12.2 Å². The Labute approximate surface area is 173 Å². The molecule has 5 atom stereocenters. The third kappa shape index (κ3) is 18.8. The van der Waals surface area contributed by atoms with Crippen molar-refractivity contribution >= 4 is 26.9 Å². The zero-order valence-electron chi connectivity index (χ0n) is 16.8. The van der Waals surface area contributed by atoms with Crippen molar-refractivity contribution in [3.63, 3.8) is 0 Å². The highest BCUT2D eigenvalue weighted by Gasteiger charge is 2.00. The second kappa shape index (κ2) is 21.9. The molecular formula is C22H37O2P3. The van der Waals surface area contributed by atoms with Crippen LogP contribution in [0.2, 0.25) is 0 Å². The van der Waals surface area contributed by atoms with Gasteiger partial charge in [0.2, 0.25) is 0 Å². The van der Waals surface area contributed by atoms with Gasteiger partial charge in [-0.15, -0.1) is 0 Å². The van der Waals surface area contributed by atoms with E-state index >= 15 is 0 Å². The molecule has 152 valence electrons. The Morgan fingerprint density at radius 3 is 2.07 bits per heavy atom. The molecule has 0 N–H and O–H groups in total. The van der Waals surface area contributed by atoms with Crippen LogP contribution >= 0.6 is 26.9 Å². The van der Waals surface area contributed by atoms with Gasteiger partial charge in [0, 0.05) is 18.0 Å². The molecule has 0 amide bonds. The lowest BCUT2D eigenvalue weighted by molar-refractivity contribution is 0.296. The summed E-state index contributed by atoms with van der Waals surface area (Å²) < 4.78 is 11.1. The van der Waals surface area contributed by atoms with Gasteiger partial charge in [-0.1, -0.05) is 102 Å². The second-order valence-corrected chi connectivity index (χ2v) is 7.37. The normalized spacial score (nSPS) is 16.0. The predicted octanol–water partition coefficient (Wildman–Crippen LogP) is 7.65. The fourth-order valence-corrected chi connectivity index (χ4v) is 3.20. The first-order valence-corrected chi connectivity index (χ1v) is 12.9. The van der Waals surface area contributed by atoms with Gasteiger partial charge in [-0.2, -0.15) is 0 Å². The highest BCUT2D eigenvalue weighted by molar-refractivity contribution is 8.00. The summed E-state index contributed by atoms with van der Waals surface area (Å²) in [6.07, 6.45) is 31.9. The van der Waals surface area contributed by atoms with E-state index in [1.165, 1.54) is 6.42 Å². The van der Waals surface area contributed by atoms with Crippen molar-refractivity contribution in [2.24, 2.45) is 0 Å². The summed E-state index contributed by atoms with van der Waals surface area (Å²) >= 11 is 0. The summed E-state index contributed by atoms with van der Waals surface area (Å²) in [5.41, 5.74) is 0. The van der Waals surface area contributed by atoms with E-state index in [0.717, 1.165) is 32.1 Å². The van der Waals surface area contributed by atoms with Crippen molar-refractivity contribution in [2.75, 3.05) is 0 Å². The van der Waals surface area contributed by atoms with Crippen LogP contribution in [0.1, 0.15) is 52.4 Å². The van der Waals surface area contributed by atoms with E-state index in [1.807, 2.05) is 24.3 Å². The molecule has 0 radical (unpaired) electrons. The van der Waals surface area contributed by atoms with Crippen LogP contribution in [0, 0.1) is 0 Å². The monoisotopic (exact) mass is 426 g/mol. The Balaban J connectivity index is 4.24. The van der Waals surface area contributed by atoms with E-state index in [9.17, 15) is 0 Å². The molecule has 5 unspecified atom stereocenters. The van der Waals surface area contributed by atoms with E-state index in [2.05, 4.69) is 80.9 Å². The van der Waals surface area contributed by atoms with Crippen LogP contribution < -0.4 is 0 Å². The van der Waals surface area contributed by atoms with Crippen molar-refractivity contribution in [3.05, 3.63) is 72.9 Å². The summed E-state index contributed by atoms with van der Waals surface area (Å²) in [7, 11) is 5.41. The molecule has 0 aliphatic heterocycles. The summed E-state index contributed by atoms with van der Waals surface area (Å²) in [5, 5.41) is 0. The van der Waals surface area contributed by atoms with E-state index in [-0.39, 0.29) is 12.2 Å². The third-order valence-electron chi connectivity index (χ3n) is 3.58. The third-order valence-corrected chi connectivity index (χ3v) is 4.78. The number of rotatable bonds is 16. The number of hydrogen-bond acceptors (Lipinski definition) is 2. The Bertz CT molecular complexity index is 494. The molecule has 0 aromatic heterocycles. The molecule has 0 heterocycles. The second-order valence-electron chi connectivity index (χ2n) is 5.92. The smallest absolute Gasteiger partial charge is 0.0836 e. The molecule has 0 fully saturated rings. The maximum Gasteiger partial charge on any atom is 0.0836 e. The van der Waals surface area contributed by atoms with Crippen molar-refractivity contribution in [1.29, 1.82) is 0 Å². The van der Waals surface area contributed by atoms with Crippen molar-refractivity contribution in [2.45, 2.75) is 64.6 Å². The Hall–Kier alpha value is -0.350. The number of allylic oxidation sites excluding steroid dienone is 8. The summed E-state index contributed by atoms with van der Waals surface area (Å²) in [6.45, 7) is 4.33. The van der Waals surface area contributed by atoms with Gasteiger partial charge in [0.25, 0.3) is 0 Å². The zero-order chi connectivity index (χ0) is 20.0. The standard InChI is InChI=1S/C22H37O2P3/c1-3-5-7-8-9-10-14-17-21(23-25)18-15-11-12-16-20-22(24-27-26)19-13-6-4-2/h6-8,10-16,18,20-22,27H,3-5,9,17,19,25-26H2,1-2H3/b8-7-,12-11?,13-6-,14-10-,18-15?,20-16-. The molecule has 0 spiro atoms. The fourth-order valence-electron chi connectivity index (χ4n) is 2.12. The summed E-state index contributed by atoms with van der Waals surface area (Å²) in [5.74, 6) is 0. The minimum absolute atomic E-state index is 0.0769. The predicted molar refractivity (Wildman–Crippen MR) is 131 cm³/mol. The van der Waals surface area contributed by atoms with Crippen molar-refractivity contribution in [1.82, 2.24) is 0 Å². The number of unbranched alkanes of at least 4 members (excludes halogenated alkanes) is 1. The Morgan fingerprint density at radius 1 is 0.815 bits per heavy atom. The molecule has 0 rings (SSSR count). The maximum absolute atomic E-state index is 5.70. The maximum atomic E-state index is 5.70. The van der Waals surface area contributed by atoms with Gasteiger partial charge in [-0.25, -0.2) is 0 Å². The summed E-state index contributed by atoms with van der Waals surface area (Å²) in [4.78, 5) is 0. The molecule has 0 aromatic carbocycles. The molecule has 5 heteroatoms. The fraction of sp³-hybridized carbons (Fsp3) is 0.455. The van der Waals surface area contributed by atoms with Crippen LogP contribution in [0.15, 0.2) is 72.9 Å². The van der Waals surface area contributed by atoms with Crippen LogP contribution in [0.4, 0.5) is 0 Å². The molecule has 2 nitrogen and oxygen atoms in total. The van der Waals surface area contributed by atoms with Crippen molar-refractivity contribution < 1.29 is 9.05 Å². The van der Waals surface area contributed by atoms with Crippen LogP contribution in [-0.2, 0) is 9.05 Å². The van der Waals surface area contributed by atoms with Gasteiger partial charge in [0.1, 0.15) is 0 Å². The average molecular weight is 426 g/mol. The molecule has 0 aliphatic rings. The number of hydrogen-bond donors (Lipinski definition) is 0. The Kier molecular flexibility index (Phi) is 21.7. The largest absolute Gasteiger partial charge is 0.358 e. The lowest BCUT2D eigenvalue weighted by atomic mass is 10.2. The molecular weight excluding hydrogens is 389 g/mol. The van der Waals surface area contributed by atoms with E-state index < -0.39 is 0 Å². The van der Waals surface area contributed by atoms with E-state index in [1.54, 1.807) is 0 Å². The van der Waals surface area contributed by atoms with Gasteiger partial charge < -0.3 is 9.05 Å². The Morgan fingerprint density at radius 2 is 1.44 bits per heavy atom. The van der Waals surface area contributed by atoms with Crippen molar-refractivity contribution in [3.8, 4) is 0 Å².